The first-order valence-corrected chi connectivity index (χ1v) is 9.81. The average Bonchev–Trinajstić information content (AvgIpc) is 3.05. The number of thiophene rings is 1. The fourth-order valence-electron chi connectivity index (χ4n) is 3.68. The standard InChI is InChI=1S/C22H22N2O2S.ClH/c1-11-8-17(25)18(15-6-4-14(5-7-15)12(2)10-23)19-16-9-13(3)27-21(16)22(26)24-20(11)19;/h4-9,12,25H,10,23H2,1-3H3,(H,24,26);1H/t12-;/m0./s1. The highest BCUT2D eigenvalue weighted by molar-refractivity contribution is 7.19. The van der Waals surface area contributed by atoms with Crippen molar-refractivity contribution in [2.45, 2.75) is 26.7 Å². The van der Waals surface area contributed by atoms with Gasteiger partial charge in [0.2, 0.25) is 0 Å². The zero-order valence-electron chi connectivity index (χ0n) is 16.0. The summed E-state index contributed by atoms with van der Waals surface area (Å²) in [4.78, 5) is 16.6. The number of phenols is 1. The van der Waals surface area contributed by atoms with E-state index in [2.05, 4.69) is 24.0 Å². The largest absolute Gasteiger partial charge is 0.507 e. The van der Waals surface area contributed by atoms with Gasteiger partial charge in [-0.05, 0) is 55.1 Å². The third-order valence-electron chi connectivity index (χ3n) is 5.20. The molecular weight excluding hydrogens is 392 g/mol. The number of halogens is 1. The van der Waals surface area contributed by atoms with Gasteiger partial charge >= 0.3 is 0 Å². The Balaban J connectivity index is 0.00000225. The highest BCUT2D eigenvalue weighted by Crippen LogP contribution is 2.42. The molecule has 2 heterocycles. The Hall–Kier alpha value is -2.34. The van der Waals surface area contributed by atoms with Crippen LogP contribution < -0.4 is 11.3 Å². The van der Waals surface area contributed by atoms with Crippen molar-refractivity contribution in [2.24, 2.45) is 5.73 Å². The molecule has 0 spiro atoms. The Kier molecular flexibility index (Phi) is 5.53. The van der Waals surface area contributed by atoms with E-state index in [0.717, 1.165) is 37.9 Å². The van der Waals surface area contributed by atoms with E-state index in [1.807, 2.05) is 32.0 Å². The number of fused-ring (bicyclic) bond motifs is 3. The normalized spacial score (nSPS) is 12.3. The molecule has 2 aromatic heterocycles. The van der Waals surface area contributed by atoms with E-state index < -0.39 is 0 Å². The minimum atomic E-state index is -0.0811. The van der Waals surface area contributed by atoms with E-state index in [0.29, 0.717) is 11.2 Å². The molecule has 4 rings (SSSR count). The lowest BCUT2D eigenvalue weighted by Gasteiger charge is -2.14. The molecule has 4 N–H and O–H groups in total. The highest BCUT2D eigenvalue weighted by Gasteiger charge is 2.18. The number of H-pyrrole nitrogens is 1. The number of phenolic OH excluding ortho intramolecular Hbond substituents is 1. The van der Waals surface area contributed by atoms with Crippen LogP contribution in [0.15, 0.2) is 41.2 Å². The number of hydrogen-bond donors (Lipinski definition) is 3. The van der Waals surface area contributed by atoms with Crippen molar-refractivity contribution < 1.29 is 5.11 Å². The Morgan fingerprint density at radius 2 is 1.86 bits per heavy atom. The van der Waals surface area contributed by atoms with Gasteiger partial charge in [-0.15, -0.1) is 23.7 Å². The van der Waals surface area contributed by atoms with Crippen LogP contribution in [0.3, 0.4) is 0 Å². The second kappa shape index (κ2) is 7.59. The second-order valence-electron chi connectivity index (χ2n) is 7.15. The third-order valence-corrected chi connectivity index (χ3v) is 6.24. The van der Waals surface area contributed by atoms with Gasteiger partial charge in [0.25, 0.3) is 5.56 Å². The third kappa shape index (κ3) is 3.20. The van der Waals surface area contributed by atoms with Crippen LogP contribution in [0.4, 0.5) is 0 Å². The molecule has 2 aromatic carbocycles. The minimum absolute atomic E-state index is 0. The van der Waals surface area contributed by atoms with E-state index >= 15 is 0 Å². The number of rotatable bonds is 3. The summed E-state index contributed by atoms with van der Waals surface area (Å²) in [5, 5.41) is 12.6. The van der Waals surface area contributed by atoms with E-state index in [9.17, 15) is 9.90 Å². The van der Waals surface area contributed by atoms with Gasteiger partial charge < -0.3 is 15.8 Å². The summed E-state index contributed by atoms with van der Waals surface area (Å²) < 4.78 is 0.694. The quantitative estimate of drug-likeness (QED) is 0.430. The molecule has 146 valence electrons. The zero-order chi connectivity index (χ0) is 19.3. The van der Waals surface area contributed by atoms with Crippen LogP contribution in [0.5, 0.6) is 5.75 Å². The molecule has 0 saturated heterocycles. The Morgan fingerprint density at radius 1 is 1.18 bits per heavy atom. The van der Waals surface area contributed by atoms with Crippen molar-refractivity contribution in [3.05, 3.63) is 62.8 Å². The molecule has 4 aromatic rings. The fourth-order valence-corrected chi connectivity index (χ4v) is 4.59. The number of pyridine rings is 1. The number of benzene rings is 2. The highest BCUT2D eigenvalue weighted by atomic mass is 35.5. The summed E-state index contributed by atoms with van der Waals surface area (Å²) in [5.74, 6) is 0.502. The fraction of sp³-hybridized carbons (Fsp3) is 0.227. The lowest BCUT2D eigenvalue weighted by Crippen LogP contribution is -2.08. The summed E-state index contributed by atoms with van der Waals surface area (Å²) >= 11 is 1.48. The molecule has 0 radical (unpaired) electrons. The van der Waals surface area contributed by atoms with Crippen molar-refractivity contribution in [1.82, 2.24) is 4.98 Å². The van der Waals surface area contributed by atoms with Crippen molar-refractivity contribution >= 4 is 44.7 Å². The van der Waals surface area contributed by atoms with Crippen LogP contribution in [0.25, 0.3) is 32.1 Å². The predicted molar refractivity (Wildman–Crippen MR) is 121 cm³/mol. The molecule has 0 bridgehead atoms. The number of hydrogen-bond acceptors (Lipinski definition) is 4. The number of aromatic amines is 1. The summed E-state index contributed by atoms with van der Waals surface area (Å²) in [6.45, 7) is 6.58. The number of aromatic hydroxyl groups is 1. The SMILES string of the molecule is Cc1cc2c(s1)c(=O)[nH]c1c(C)cc(O)c(-c3ccc([C@@H](C)CN)cc3)c12.Cl. The van der Waals surface area contributed by atoms with Crippen molar-refractivity contribution in [1.29, 1.82) is 0 Å². The predicted octanol–water partition coefficient (Wildman–Crippen LogP) is 5.22. The summed E-state index contributed by atoms with van der Waals surface area (Å²) in [5.41, 5.74) is 10.2. The molecule has 6 heteroatoms. The number of nitrogens with two attached hydrogens (primary N) is 1. The van der Waals surface area contributed by atoms with Gasteiger partial charge in [0.05, 0.1) is 5.52 Å². The molecule has 0 amide bonds. The minimum Gasteiger partial charge on any atom is -0.507 e. The molecule has 0 unspecified atom stereocenters. The van der Waals surface area contributed by atoms with Gasteiger partial charge in [-0.3, -0.25) is 4.79 Å². The lowest BCUT2D eigenvalue weighted by molar-refractivity contribution is 0.477. The molecule has 28 heavy (non-hydrogen) atoms. The Labute approximate surface area is 173 Å². The maximum absolute atomic E-state index is 12.5. The van der Waals surface area contributed by atoms with Crippen molar-refractivity contribution in [3.63, 3.8) is 0 Å². The van der Waals surface area contributed by atoms with Crippen LogP contribution in [0.2, 0.25) is 0 Å². The first kappa shape index (κ1) is 20.4. The van der Waals surface area contributed by atoms with Gasteiger partial charge in [-0.25, -0.2) is 0 Å². The average molecular weight is 415 g/mol. The van der Waals surface area contributed by atoms with Gasteiger partial charge in [-0.2, -0.15) is 0 Å². The molecule has 1 atom stereocenters. The Bertz CT molecular complexity index is 1230. The molecule has 0 saturated carbocycles. The second-order valence-corrected chi connectivity index (χ2v) is 8.41. The molecule has 0 fully saturated rings. The molecule has 4 nitrogen and oxygen atoms in total. The maximum Gasteiger partial charge on any atom is 0.266 e. The first-order valence-electron chi connectivity index (χ1n) is 8.99. The van der Waals surface area contributed by atoms with E-state index in [-0.39, 0.29) is 29.6 Å². The van der Waals surface area contributed by atoms with Crippen LogP contribution in [0.1, 0.15) is 28.8 Å². The van der Waals surface area contributed by atoms with Crippen molar-refractivity contribution in [3.8, 4) is 16.9 Å². The van der Waals surface area contributed by atoms with Crippen LogP contribution >= 0.6 is 23.7 Å². The van der Waals surface area contributed by atoms with Crippen molar-refractivity contribution in [2.75, 3.05) is 6.54 Å². The van der Waals surface area contributed by atoms with E-state index in [1.165, 1.54) is 16.9 Å². The first-order chi connectivity index (χ1) is 12.9. The van der Waals surface area contributed by atoms with Crippen LogP contribution in [-0.4, -0.2) is 16.6 Å². The van der Waals surface area contributed by atoms with E-state index in [4.69, 9.17) is 5.73 Å². The van der Waals surface area contributed by atoms with E-state index in [1.54, 1.807) is 6.07 Å². The number of aryl methyl sites for hydroxylation is 2. The van der Waals surface area contributed by atoms with Gasteiger partial charge in [0.1, 0.15) is 10.4 Å². The Morgan fingerprint density at radius 3 is 2.50 bits per heavy atom. The summed E-state index contributed by atoms with van der Waals surface area (Å²) in [6.07, 6.45) is 0. The van der Waals surface area contributed by atoms with Gasteiger partial charge in [0.15, 0.2) is 0 Å². The smallest absolute Gasteiger partial charge is 0.266 e. The zero-order valence-corrected chi connectivity index (χ0v) is 17.6. The van der Waals surface area contributed by atoms with Crippen LogP contribution in [0, 0.1) is 13.8 Å². The lowest BCUT2D eigenvalue weighted by atomic mass is 9.93. The molecule has 0 aliphatic heterocycles. The number of aromatic nitrogens is 1. The molecule has 0 aliphatic rings. The van der Waals surface area contributed by atoms with Gasteiger partial charge in [0, 0.05) is 21.2 Å². The molecule has 0 aliphatic carbocycles. The number of nitrogens with one attached hydrogen (secondary N) is 1. The van der Waals surface area contributed by atoms with Crippen LogP contribution in [-0.2, 0) is 0 Å². The molecular formula is C22H23ClN2O2S. The topological polar surface area (TPSA) is 79.1 Å². The summed E-state index contributed by atoms with van der Waals surface area (Å²) in [6, 6.07) is 11.9. The maximum atomic E-state index is 12.5. The summed E-state index contributed by atoms with van der Waals surface area (Å²) in [7, 11) is 0. The monoisotopic (exact) mass is 414 g/mol. The van der Waals surface area contributed by atoms with Gasteiger partial charge in [-0.1, -0.05) is 31.2 Å².